The van der Waals surface area contributed by atoms with E-state index in [1.54, 1.807) is 0 Å². The molecule has 1 unspecified atom stereocenters. The molecule has 0 fully saturated rings. The number of aryl methyl sites for hydroxylation is 1. The Kier molecular flexibility index (Phi) is 4.34. The number of nitrogens with two attached hydrogens (primary N) is 1. The van der Waals surface area contributed by atoms with Crippen LogP contribution in [0.25, 0.3) is 0 Å². The lowest BCUT2D eigenvalue weighted by atomic mass is 10.1. The number of hydrogen-bond donors (Lipinski definition) is 1. The Bertz CT molecular complexity index is 580. The summed E-state index contributed by atoms with van der Waals surface area (Å²) in [5.74, 6) is 1.59. The molecular formula is C14H18IN3O. The van der Waals surface area contributed by atoms with Crippen LogP contribution in [0.5, 0.6) is 5.75 Å². The quantitative estimate of drug-likeness (QED) is 0.839. The molecule has 1 atom stereocenters. The standard InChI is InChI=1S/C14H18IN3O/c1-4-19-12-8-6-5-7-11(12)10(3)18-14(16)13(15)9(2)17-18/h5-8,10H,4,16H2,1-3H3. The summed E-state index contributed by atoms with van der Waals surface area (Å²) in [4.78, 5) is 0. The highest BCUT2D eigenvalue weighted by Crippen LogP contribution is 2.31. The molecule has 0 saturated heterocycles. The lowest BCUT2D eigenvalue weighted by Gasteiger charge is -2.18. The topological polar surface area (TPSA) is 53.1 Å². The Morgan fingerprint density at radius 1 is 1.42 bits per heavy atom. The molecule has 2 N–H and O–H groups in total. The van der Waals surface area contributed by atoms with Gasteiger partial charge in [0.1, 0.15) is 11.6 Å². The van der Waals surface area contributed by atoms with Crippen molar-refractivity contribution in [1.29, 1.82) is 0 Å². The van der Waals surface area contributed by atoms with Crippen LogP contribution in [0.4, 0.5) is 5.82 Å². The third kappa shape index (κ3) is 2.70. The van der Waals surface area contributed by atoms with Gasteiger partial charge >= 0.3 is 0 Å². The fourth-order valence-electron chi connectivity index (χ4n) is 2.08. The summed E-state index contributed by atoms with van der Waals surface area (Å²) in [5.41, 5.74) is 8.17. The van der Waals surface area contributed by atoms with Crippen LogP contribution in [-0.2, 0) is 0 Å². The molecule has 0 amide bonds. The van der Waals surface area contributed by atoms with Gasteiger partial charge in [0.25, 0.3) is 0 Å². The number of nitrogens with zero attached hydrogens (tertiary/aromatic N) is 2. The average molecular weight is 371 g/mol. The molecule has 5 heteroatoms. The largest absolute Gasteiger partial charge is 0.494 e. The minimum atomic E-state index is 0.0463. The number of hydrogen-bond acceptors (Lipinski definition) is 3. The summed E-state index contributed by atoms with van der Waals surface area (Å²) < 4.78 is 8.54. The zero-order valence-corrected chi connectivity index (χ0v) is 13.5. The molecule has 1 aromatic heterocycles. The van der Waals surface area contributed by atoms with Crippen molar-refractivity contribution in [2.45, 2.75) is 26.8 Å². The average Bonchev–Trinajstić information content (AvgIpc) is 2.67. The van der Waals surface area contributed by atoms with Gasteiger partial charge in [-0.3, -0.25) is 0 Å². The van der Waals surface area contributed by atoms with Crippen LogP contribution in [0.15, 0.2) is 24.3 Å². The fourth-order valence-corrected chi connectivity index (χ4v) is 2.44. The molecule has 2 aromatic rings. The molecule has 0 aliphatic carbocycles. The van der Waals surface area contributed by atoms with E-state index in [1.165, 1.54) is 0 Å². The Morgan fingerprint density at radius 3 is 2.68 bits per heavy atom. The van der Waals surface area contributed by atoms with Crippen LogP contribution in [-0.4, -0.2) is 16.4 Å². The van der Waals surface area contributed by atoms with Gasteiger partial charge in [0.2, 0.25) is 0 Å². The second-order valence-corrected chi connectivity index (χ2v) is 5.45. The van der Waals surface area contributed by atoms with Crippen LogP contribution in [0.3, 0.4) is 0 Å². The van der Waals surface area contributed by atoms with Crippen LogP contribution in [0.2, 0.25) is 0 Å². The molecule has 102 valence electrons. The van der Waals surface area contributed by atoms with E-state index in [9.17, 15) is 0 Å². The molecule has 0 spiro atoms. The Labute approximate surface area is 127 Å². The third-order valence-electron chi connectivity index (χ3n) is 3.08. The van der Waals surface area contributed by atoms with Crippen molar-refractivity contribution in [1.82, 2.24) is 9.78 Å². The summed E-state index contributed by atoms with van der Waals surface area (Å²) in [6.45, 7) is 6.68. The maximum Gasteiger partial charge on any atom is 0.136 e. The molecule has 0 radical (unpaired) electrons. The van der Waals surface area contributed by atoms with Crippen molar-refractivity contribution >= 4 is 28.4 Å². The number of rotatable bonds is 4. The molecule has 0 aliphatic rings. The molecule has 4 nitrogen and oxygen atoms in total. The first kappa shape index (κ1) is 14.2. The van der Waals surface area contributed by atoms with Gasteiger partial charge in [-0.2, -0.15) is 5.10 Å². The zero-order valence-electron chi connectivity index (χ0n) is 11.4. The first-order valence-electron chi connectivity index (χ1n) is 6.28. The molecule has 1 aromatic carbocycles. The summed E-state index contributed by atoms with van der Waals surface area (Å²) in [6, 6.07) is 8.06. The summed E-state index contributed by atoms with van der Waals surface area (Å²) in [6.07, 6.45) is 0. The Morgan fingerprint density at radius 2 is 2.11 bits per heavy atom. The Hall–Kier alpha value is -1.24. The summed E-state index contributed by atoms with van der Waals surface area (Å²) >= 11 is 2.23. The van der Waals surface area contributed by atoms with Gasteiger partial charge in [-0.1, -0.05) is 18.2 Å². The SMILES string of the molecule is CCOc1ccccc1C(C)n1nc(C)c(I)c1N. The van der Waals surface area contributed by atoms with E-state index in [-0.39, 0.29) is 6.04 Å². The van der Waals surface area contributed by atoms with Gasteiger partial charge in [0.15, 0.2) is 0 Å². The van der Waals surface area contributed by atoms with E-state index >= 15 is 0 Å². The fraction of sp³-hybridized carbons (Fsp3) is 0.357. The van der Waals surface area contributed by atoms with E-state index in [2.05, 4.69) is 40.7 Å². The van der Waals surface area contributed by atoms with Crippen LogP contribution in [0, 0.1) is 10.5 Å². The number of anilines is 1. The highest BCUT2D eigenvalue weighted by Gasteiger charge is 2.18. The Balaban J connectivity index is 2.43. The van der Waals surface area contributed by atoms with Gasteiger partial charge in [0.05, 0.1) is 21.9 Å². The minimum Gasteiger partial charge on any atom is -0.494 e. The first-order chi connectivity index (χ1) is 9.06. The normalized spacial score (nSPS) is 12.4. The van der Waals surface area contributed by atoms with Crippen molar-refractivity contribution in [2.24, 2.45) is 0 Å². The highest BCUT2D eigenvalue weighted by molar-refractivity contribution is 14.1. The predicted octanol–water partition coefficient (Wildman–Crippen LogP) is 3.39. The maximum atomic E-state index is 6.12. The minimum absolute atomic E-state index is 0.0463. The third-order valence-corrected chi connectivity index (χ3v) is 4.42. The maximum absolute atomic E-state index is 6.12. The monoisotopic (exact) mass is 371 g/mol. The van der Waals surface area contributed by atoms with E-state index in [1.807, 2.05) is 36.7 Å². The number of ether oxygens (including phenoxy) is 1. The number of nitrogen functional groups attached to an aromatic ring is 1. The molecular weight excluding hydrogens is 353 g/mol. The number of aromatic nitrogens is 2. The highest BCUT2D eigenvalue weighted by atomic mass is 127. The number of halogens is 1. The molecule has 0 saturated carbocycles. The molecule has 19 heavy (non-hydrogen) atoms. The number of para-hydroxylation sites is 1. The van der Waals surface area contributed by atoms with Gasteiger partial charge in [-0.25, -0.2) is 4.68 Å². The van der Waals surface area contributed by atoms with Crippen LogP contribution < -0.4 is 10.5 Å². The van der Waals surface area contributed by atoms with Crippen molar-refractivity contribution < 1.29 is 4.74 Å². The van der Waals surface area contributed by atoms with Gasteiger partial charge in [-0.05, 0) is 49.4 Å². The first-order valence-corrected chi connectivity index (χ1v) is 7.36. The predicted molar refractivity (Wildman–Crippen MR) is 85.5 cm³/mol. The second-order valence-electron chi connectivity index (χ2n) is 4.38. The lowest BCUT2D eigenvalue weighted by molar-refractivity contribution is 0.332. The van der Waals surface area contributed by atoms with Crippen LogP contribution >= 0.6 is 22.6 Å². The zero-order chi connectivity index (χ0) is 14.0. The van der Waals surface area contributed by atoms with E-state index < -0.39 is 0 Å². The van der Waals surface area contributed by atoms with E-state index in [0.29, 0.717) is 12.4 Å². The number of benzene rings is 1. The van der Waals surface area contributed by atoms with E-state index in [0.717, 1.165) is 20.6 Å². The molecule has 0 aliphatic heterocycles. The second kappa shape index (κ2) is 5.81. The molecule has 2 rings (SSSR count). The van der Waals surface area contributed by atoms with Crippen molar-refractivity contribution in [3.05, 3.63) is 39.1 Å². The van der Waals surface area contributed by atoms with Crippen molar-refractivity contribution in [3.8, 4) is 5.75 Å². The van der Waals surface area contributed by atoms with Crippen molar-refractivity contribution in [3.63, 3.8) is 0 Å². The van der Waals surface area contributed by atoms with Gasteiger partial charge < -0.3 is 10.5 Å². The molecule has 0 bridgehead atoms. The lowest BCUT2D eigenvalue weighted by Crippen LogP contribution is -2.13. The summed E-state index contributed by atoms with van der Waals surface area (Å²) in [5, 5.41) is 4.52. The van der Waals surface area contributed by atoms with E-state index in [4.69, 9.17) is 10.5 Å². The molecule has 1 heterocycles. The van der Waals surface area contributed by atoms with Crippen molar-refractivity contribution in [2.75, 3.05) is 12.3 Å². The van der Waals surface area contributed by atoms with Gasteiger partial charge in [0, 0.05) is 5.56 Å². The smallest absolute Gasteiger partial charge is 0.136 e. The summed E-state index contributed by atoms with van der Waals surface area (Å²) in [7, 11) is 0. The van der Waals surface area contributed by atoms with Gasteiger partial charge in [-0.15, -0.1) is 0 Å². The van der Waals surface area contributed by atoms with Crippen LogP contribution in [0.1, 0.15) is 31.1 Å².